The number of carbonyl (C=O) groups excluding carboxylic acids is 1. The lowest BCUT2D eigenvalue weighted by Crippen LogP contribution is -2.09. The van der Waals surface area contributed by atoms with Crippen molar-refractivity contribution in [2.45, 2.75) is 54.9 Å². The number of pyridine rings is 1. The molecule has 28 heavy (non-hydrogen) atoms. The molecule has 154 valence electrons. The highest BCUT2D eigenvalue weighted by atomic mass is 32.1. The van der Waals surface area contributed by atoms with Gasteiger partial charge in [0.25, 0.3) is 0 Å². The smallest absolute Gasteiger partial charge is 0.345 e. The number of hydrogen-bond acceptors (Lipinski definition) is 4. The van der Waals surface area contributed by atoms with Crippen molar-refractivity contribution in [3.8, 4) is 17.1 Å². The molecule has 0 spiro atoms. The molecule has 0 unspecified atom stereocenters. The van der Waals surface area contributed by atoms with Gasteiger partial charge >= 0.3 is 5.97 Å². The van der Waals surface area contributed by atoms with Crippen LogP contribution in [0.1, 0.15) is 68.6 Å². The zero-order valence-corrected chi connectivity index (χ0v) is 18.9. The first-order valence-electron chi connectivity index (χ1n) is 9.83. The molecule has 0 fully saturated rings. The van der Waals surface area contributed by atoms with Crippen LogP contribution in [-0.4, -0.2) is 22.7 Å². The van der Waals surface area contributed by atoms with E-state index in [4.69, 9.17) is 17.0 Å². The number of rotatable bonds is 5. The molecular formula is C23H33NO3S. The molecule has 2 rings (SSSR count). The van der Waals surface area contributed by atoms with Gasteiger partial charge in [-0.1, -0.05) is 71.6 Å². The van der Waals surface area contributed by atoms with Gasteiger partial charge in [-0.05, 0) is 48.6 Å². The molecule has 1 aromatic carbocycles. The van der Waals surface area contributed by atoms with Crippen molar-refractivity contribution >= 4 is 24.3 Å². The van der Waals surface area contributed by atoms with Crippen LogP contribution in [0.3, 0.4) is 0 Å². The monoisotopic (exact) mass is 403 g/mol. The number of aryl methyl sites for hydroxylation is 1. The Balaban J connectivity index is 0.00000171. The zero-order chi connectivity index (χ0) is 21.9. The lowest BCUT2D eigenvalue weighted by molar-refractivity contribution is 0.0521. The number of H-pyrrole nitrogens is 1. The zero-order valence-electron chi connectivity index (χ0n) is 18.1. The molecular weight excluding hydrogens is 370 g/mol. The molecule has 1 heterocycles. The van der Waals surface area contributed by atoms with Crippen molar-refractivity contribution in [3.05, 3.63) is 51.5 Å². The second-order valence-electron chi connectivity index (χ2n) is 5.38. The Morgan fingerprint density at radius 2 is 1.86 bits per heavy atom. The molecule has 0 amide bonds. The fraction of sp³-hybridized carbons (Fsp3) is 0.391. The third kappa shape index (κ3) is 5.80. The van der Waals surface area contributed by atoms with E-state index in [1.165, 1.54) is 0 Å². The third-order valence-corrected chi connectivity index (χ3v) is 4.35. The highest BCUT2D eigenvalue weighted by Crippen LogP contribution is 2.31. The summed E-state index contributed by atoms with van der Waals surface area (Å²) in [5.74, 6) is -0.889. The molecule has 0 saturated carbocycles. The number of esters is 1. The Kier molecular flexibility index (Phi) is 11.8. The van der Waals surface area contributed by atoms with E-state index in [2.05, 4.69) is 11.6 Å². The SMILES string of the molecule is C=Cc1cc(-c2[nH]c(O)c(C(=O)OCC)c(=S)c2CC)ccc1C.CC.CC. The molecule has 0 radical (unpaired) electrons. The fourth-order valence-electron chi connectivity index (χ4n) is 2.62. The topological polar surface area (TPSA) is 62.3 Å². The molecule has 0 aliphatic heterocycles. The van der Waals surface area contributed by atoms with Crippen LogP contribution in [0.4, 0.5) is 0 Å². The molecule has 5 heteroatoms. The third-order valence-electron chi connectivity index (χ3n) is 3.90. The van der Waals surface area contributed by atoms with Gasteiger partial charge in [-0.2, -0.15) is 0 Å². The van der Waals surface area contributed by atoms with Crippen LogP contribution in [0, 0.1) is 11.4 Å². The maximum atomic E-state index is 12.1. The van der Waals surface area contributed by atoms with E-state index >= 15 is 0 Å². The van der Waals surface area contributed by atoms with Crippen LogP contribution in [-0.2, 0) is 11.2 Å². The first kappa shape index (κ1) is 25.6. The van der Waals surface area contributed by atoms with Gasteiger partial charge in [-0.25, -0.2) is 4.79 Å². The fourth-order valence-corrected chi connectivity index (χ4v) is 3.05. The van der Waals surface area contributed by atoms with E-state index < -0.39 is 5.97 Å². The van der Waals surface area contributed by atoms with Crippen LogP contribution in [0.15, 0.2) is 24.8 Å². The molecule has 0 atom stereocenters. The quantitative estimate of drug-likeness (QED) is 0.423. The summed E-state index contributed by atoms with van der Waals surface area (Å²) < 4.78 is 5.31. The van der Waals surface area contributed by atoms with Gasteiger partial charge in [0.2, 0.25) is 5.88 Å². The minimum atomic E-state index is -0.617. The van der Waals surface area contributed by atoms with Crippen molar-refractivity contribution in [2.24, 2.45) is 0 Å². The maximum Gasteiger partial charge on any atom is 0.345 e. The van der Waals surface area contributed by atoms with Gasteiger partial charge in [-0.3, -0.25) is 0 Å². The number of aromatic amines is 1. The van der Waals surface area contributed by atoms with Crippen LogP contribution in [0.5, 0.6) is 5.88 Å². The van der Waals surface area contributed by atoms with Crippen LogP contribution in [0.25, 0.3) is 17.3 Å². The molecule has 0 aliphatic rings. The van der Waals surface area contributed by atoms with Gasteiger partial charge in [0.05, 0.1) is 16.8 Å². The minimum absolute atomic E-state index is 0.0171. The number of aromatic hydroxyl groups is 1. The summed E-state index contributed by atoms with van der Waals surface area (Å²) in [6.07, 6.45) is 2.40. The van der Waals surface area contributed by atoms with Crippen molar-refractivity contribution in [1.29, 1.82) is 0 Å². The van der Waals surface area contributed by atoms with Crippen LogP contribution in [0.2, 0.25) is 0 Å². The van der Waals surface area contributed by atoms with Gasteiger partial charge in [0.15, 0.2) is 0 Å². The maximum absolute atomic E-state index is 12.1. The molecule has 0 bridgehead atoms. The lowest BCUT2D eigenvalue weighted by Gasteiger charge is -2.14. The molecule has 2 N–H and O–H groups in total. The van der Waals surface area contributed by atoms with Crippen molar-refractivity contribution in [1.82, 2.24) is 4.98 Å². The minimum Gasteiger partial charge on any atom is -0.494 e. The number of aromatic nitrogens is 1. The van der Waals surface area contributed by atoms with E-state index in [1.54, 1.807) is 13.0 Å². The predicted molar refractivity (Wildman–Crippen MR) is 122 cm³/mol. The van der Waals surface area contributed by atoms with Crippen LogP contribution < -0.4 is 0 Å². The van der Waals surface area contributed by atoms with E-state index in [9.17, 15) is 9.90 Å². The Morgan fingerprint density at radius 1 is 1.25 bits per heavy atom. The molecule has 4 nitrogen and oxygen atoms in total. The predicted octanol–water partition coefficient (Wildman–Crippen LogP) is 6.86. The summed E-state index contributed by atoms with van der Waals surface area (Å²) >= 11 is 5.44. The summed E-state index contributed by atoms with van der Waals surface area (Å²) in [6, 6.07) is 5.91. The average Bonchev–Trinajstić information content (AvgIpc) is 2.71. The number of nitrogens with one attached hydrogen (secondary N) is 1. The molecule has 0 aliphatic carbocycles. The van der Waals surface area contributed by atoms with Gasteiger partial charge < -0.3 is 14.8 Å². The van der Waals surface area contributed by atoms with E-state index in [-0.39, 0.29) is 18.1 Å². The molecule has 0 saturated heterocycles. The summed E-state index contributed by atoms with van der Waals surface area (Å²) in [6.45, 7) is 17.7. The molecule has 1 aromatic heterocycles. The van der Waals surface area contributed by atoms with E-state index in [1.807, 2.05) is 59.7 Å². The van der Waals surface area contributed by atoms with E-state index in [0.717, 1.165) is 22.3 Å². The van der Waals surface area contributed by atoms with Gasteiger partial charge in [-0.15, -0.1) is 0 Å². The van der Waals surface area contributed by atoms with Crippen molar-refractivity contribution in [3.63, 3.8) is 0 Å². The van der Waals surface area contributed by atoms with Gasteiger partial charge in [0, 0.05) is 0 Å². The second-order valence-corrected chi connectivity index (χ2v) is 5.79. The Morgan fingerprint density at radius 3 is 2.36 bits per heavy atom. The normalized spacial score (nSPS) is 9.39. The lowest BCUT2D eigenvalue weighted by atomic mass is 9.98. The Hall–Kier alpha value is -2.40. The number of carbonyl (C=O) groups is 1. The highest BCUT2D eigenvalue weighted by Gasteiger charge is 2.20. The second kappa shape index (κ2) is 12.9. The highest BCUT2D eigenvalue weighted by molar-refractivity contribution is 7.71. The number of benzene rings is 1. The number of hydrogen-bond donors (Lipinski definition) is 2. The average molecular weight is 404 g/mol. The number of ether oxygens (including phenoxy) is 1. The van der Waals surface area contributed by atoms with Gasteiger partial charge in [0.1, 0.15) is 5.56 Å². The first-order chi connectivity index (χ1) is 13.4. The van der Waals surface area contributed by atoms with Crippen LogP contribution >= 0.6 is 12.2 Å². The summed E-state index contributed by atoms with van der Waals surface area (Å²) in [5, 5.41) is 10.3. The van der Waals surface area contributed by atoms with Crippen molar-refractivity contribution in [2.75, 3.05) is 6.61 Å². The Labute approximate surface area is 174 Å². The summed E-state index contributed by atoms with van der Waals surface area (Å²) in [5.41, 5.74) is 4.51. The Bertz CT molecular complexity index is 854. The molecule has 2 aromatic rings. The summed E-state index contributed by atoms with van der Waals surface area (Å²) in [7, 11) is 0. The summed E-state index contributed by atoms with van der Waals surface area (Å²) in [4.78, 5) is 15.0. The largest absolute Gasteiger partial charge is 0.494 e. The van der Waals surface area contributed by atoms with E-state index in [0.29, 0.717) is 16.6 Å². The van der Waals surface area contributed by atoms with Crippen molar-refractivity contribution < 1.29 is 14.6 Å². The first-order valence-corrected chi connectivity index (χ1v) is 10.2. The standard InChI is InChI=1S/C19H21NO3S.2C2H6/c1-5-12-10-13(9-8-11(12)4)16-14(6-2)17(24)15(18(21)20-16)19(22)23-7-3;2*1-2/h5,8-10H,1,6-7H2,2-4H3,(H2,20,21,24);2*1-2H3.